The van der Waals surface area contributed by atoms with Crippen LogP contribution in [0.4, 0.5) is 0 Å². The third-order valence-electron chi connectivity index (χ3n) is 3.23. The SMILES string of the molecule is CCc1nncn1CCNC(=NC)NCc1cccc(Br)c1. The predicted octanol–water partition coefficient (Wildman–Crippen LogP) is 1.97. The smallest absolute Gasteiger partial charge is 0.191 e. The number of nitrogens with zero attached hydrogens (tertiary/aromatic N) is 4. The molecule has 7 heteroatoms. The number of aromatic nitrogens is 3. The van der Waals surface area contributed by atoms with Gasteiger partial charge in [-0.3, -0.25) is 4.99 Å². The summed E-state index contributed by atoms with van der Waals surface area (Å²) < 4.78 is 3.13. The van der Waals surface area contributed by atoms with E-state index in [1.165, 1.54) is 5.56 Å². The van der Waals surface area contributed by atoms with Gasteiger partial charge < -0.3 is 15.2 Å². The van der Waals surface area contributed by atoms with Crippen LogP contribution in [-0.4, -0.2) is 34.3 Å². The molecule has 0 spiro atoms. The Hall–Kier alpha value is -1.89. The van der Waals surface area contributed by atoms with Gasteiger partial charge in [-0.15, -0.1) is 10.2 Å². The monoisotopic (exact) mass is 364 g/mol. The van der Waals surface area contributed by atoms with Crippen LogP contribution in [0.2, 0.25) is 0 Å². The second-order valence-electron chi connectivity index (χ2n) is 4.78. The van der Waals surface area contributed by atoms with Crippen molar-refractivity contribution < 1.29 is 0 Å². The molecule has 1 aromatic carbocycles. The van der Waals surface area contributed by atoms with Gasteiger partial charge >= 0.3 is 0 Å². The van der Waals surface area contributed by atoms with Gasteiger partial charge in [0, 0.05) is 37.6 Å². The van der Waals surface area contributed by atoms with Gasteiger partial charge in [0.1, 0.15) is 12.2 Å². The number of guanidine groups is 1. The normalized spacial score (nSPS) is 11.5. The Morgan fingerprint density at radius 2 is 2.23 bits per heavy atom. The fraction of sp³-hybridized carbons (Fsp3) is 0.400. The van der Waals surface area contributed by atoms with E-state index in [9.17, 15) is 0 Å². The molecular weight excluding hydrogens is 344 g/mol. The molecule has 0 fully saturated rings. The van der Waals surface area contributed by atoms with Crippen molar-refractivity contribution in [3.63, 3.8) is 0 Å². The van der Waals surface area contributed by atoms with Gasteiger partial charge in [0.25, 0.3) is 0 Å². The lowest BCUT2D eigenvalue weighted by atomic mass is 10.2. The Labute approximate surface area is 139 Å². The molecule has 0 bridgehead atoms. The number of benzene rings is 1. The quantitative estimate of drug-likeness (QED) is 0.607. The summed E-state index contributed by atoms with van der Waals surface area (Å²) in [5.41, 5.74) is 1.20. The van der Waals surface area contributed by atoms with E-state index in [4.69, 9.17) is 0 Å². The summed E-state index contributed by atoms with van der Waals surface area (Å²) in [5, 5.41) is 14.6. The summed E-state index contributed by atoms with van der Waals surface area (Å²) in [7, 11) is 1.77. The first kappa shape index (κ1) is 16.5. The number of rotatable bonds is 6. The lowest BCUT2D eigenvalue weighted by molar-refractivity contribution is 0.632. The molecule has 1 aromatic heterocycles. The summed E-state index contributed by atoms with van der Waals surface area (Å²) in [5.74, 6) is 1.78. The third-order valence-corrected chi connectivity index (χ3v) is 3.72. The van der Waals surface area contributed by atoms with E-state index in [1.54, 1.807) is 13.4 Å². The Kier molecular flexibility index (Phi) is 6.39. The van der Waals surface area contributed by atoms with E-state index < -0.39 is 0 Å². The molecule has 0 saturated heterocycles. The van der Waals surface area contributed by atoms with Crippen LogP contribution in [0.5, 0.6) is 0 Å². The molecule has 22 heavy (non-hydrogen) atoms. The first-order chi connectivity index (χ1) is 10.7. The summed E-state index contributed by atoms with van der Waals surface area (Å²) in [4.78, 5) is 4.23. The highest BCUT2D eigenvalue weighted by Crippen LogP contribution is 2.11. The van der Waals surface area contributed by atoms with Crippen LogP contribution in [0, 0.1) is 0 Å². The van der Waals surface area contributed by atoms with E-state index in [2.05, 4.69) is 65.4 Å². The molecule has 0 atom stereocenters. The second-order valence-corrected chi connectivity index (χ2v) is 5.69. The Morgan fingerprint density at radius 3 is 2.95 bits per heavy atom. The van der Waals surface area contributed by atoms with Gasteiger partial charge in [0.05, 0.1) is 0 Å². The number of aliphatic imine (C=N–C) groups is 1. The highest BCUT2D eigenvalue weighted by Gasteiger charge is 2.02. The minimum absolute atomic E-state index is 0.728. The van der Waals surface area contributed by atoms with E-state index in [0.717, 1.165) is 42.3 Å². The fourth-order valence-corrected chi connectivity index (χ4v) is 2.53. The van der Waals surface area contributed by atoms with Crippen LogP contribution in [-0.2, 0) is 19.5 Å². The zero-order valence-electron chi connectivity index (χ0n) is 12.9. The molecule has 0 aliphatic rings. The van der Waals surface area contributed by atoms with Gasteiger partial charge in [-0.2, -0.15) is 0 Å². The first-order valence-corrected chi connectivity index (χ1v) is 8.08. The van der Waals surface area contributed by atoms with Crippen molar-refractivity contribution in [2.75, 3.05) is 13.6 Å². The Bertz CT molecular complexity index is 622. The van der Waals surface area contributed by atoms with E-state index >= 15 is 0 Å². The molecule has 0 aliphatic carbocycles. The molecule has 2 aromatic rings. The number of aryl methyl sites for hydroxylation is 1. The van der Waals surface area contributed by atoms with Gasteiger partial charge in [-0.1, -0.05) is 35.0 Å². The summed E-state index contributed by atoms with van der Waals surface area (Å²) in [6, 6.07) is 8.21. The van der Waals surface area contributed by atoms with Crippen LogP contribution in [0.3, 0.4) is 0 Å². The van der Waals surface area contributed by atoms with Crippen molar-refractivity contribution in [3.05, 3.63) is 46.5 Å². The molecular formula is C15H21BrN6. The third kappa shape index (κ3) is 4.84. The van der Waals surface area contributed by atoms with Crippen LogP contribution in [0.15, 0.2) is 40.1 Å². The molecule has 118 valence electrons. The van der Waals surface area contributed by atoms with E-state index in [-0.39, 0.29) is 0 Å². The molecule has 0 radical (unpaired) electrons. The second kappa shape index (κ2) is 8.53. The number of halogens is 1. The highest BCUT2D eigenvalue weighted by molar-refractivity contribution is 9.10. The summed E-state index contributed by atoms with van der Waals surface area (Å²) in [6.45, 7) is 4.38. The minimum Gasteiger partial charge on any atom is -0.355 e. The van der Waals surface area contributed by atoms with Crippen LogP contribution in [0.25, 0.3) is 0 Å². The maximum absolute atomic E-state index is 4.23. The summed E-state index contributed by atoms with van der Waals surface area (Å²) in [6.07, 6.45) is 2.65. The molecule has 0 unspecified atom stereocenters. The van der Waals surface area contributed by atoms with Crippen molar-refractivity contribution in [1.29, 1.82) is 0 Å². The van der Waals surface area contributed by atoms with Gasteiger partial charge in [0.2, 0.25) is 0 Å². The van der Waals surface area contributed by atoms with Gasteiger partial charge in [0.15, 0.2) is 5.96 Å². The minimum atomic E-state index is 0.728. The first-order valence-electron chi connectivity index (χ1n) is 7.28. The predicted molar refractivity (Wildman–Crippen MR) is 91.7 cm³/mol. The van der Waals surface area contributed by atoms with Crippen molar-refractivity contribution >= 4 is 21.9 Å². The van der Waals surface area contributed by atoms with E-state index in [0.29, 0.717) is 0 Å². The van der Waals surface area contributed by atoms with Crippen molar-refractivity contribution in [3.8, 4) is 0 Å². The lowest BCUT2D eigenvalue weighted by Gasteiger charge is -2.13. The van der Waals surface area contributed by atoms with Crippen molar-refractivity contribution in [1.82, 2.24) is 25.4 Å². The maximum atomic E-state index is 4.23. The summed E-state index contributed by atoms with van der Waals surface area (Å²) >= 11 is 3.48. The zero-order chi connectivity index (χ0) is 15.8. The highest BCUT2D eigenvalue weighted by atomic mass is 79.9. The fourth-order valence-electron chi connectivity index (χ4n) is 2.09. The van der Waals surface area contributed by atoms with E-state index in [1.807, 2.05) is 12.1 Å². The lowest BCUT2D eigenvalue weighted by Crippen LogP contribution is -2.38. The largest absolute Gasteiger partial charge is 0.355 e. The zero-order valence-corrected chi connectivity index (χ0v) is 14.5. The Balaban J connectivity index is 1.78. The molecule has 1 heterocycles. The number of nitrogens with one attached hydrogen (secondary N) is 2. The number of hydrogen-bond donors (Lipinski definition) is 2. The maximum Gasteiger partial charge on any atom is 0.191 e. The molecule has 0 amide bonds. The van der Waals surface area contributed by atoms with Gasteiger partial charge in [-0.05, 0) is 17.7 Å². The van der Waals surface area contributed by atoms with Crippen LogP contribution in [0.1, 0.15) is 18.3 Å². The number of hydrogen-bond acceptors (Lipinski definition) is 3. The Morgan fingerprint density at radius 1 is 1.36 bits per heavy atom. The van der Waals surface area contributed by atoms with Crippen molar-refractivity contribution in [2.24, 2.45) is 4.99 Å². The van der Waals surface area contributed by atoms with Crippen LogP contribution >= 0.6 is 15.9 Å². The molecule has 6 nitrogen and oxygen atoms in total. The molecule has 0 saturated carbocycles. The van der Waals surface area contributed by atoms with Gasteiger partial charge in [-0.25, -0.2) is 0 Å². The standard InChI is InChI=1S/C15H21BrN6/c1-3-14-21-20-11-22(14)8-7-18-15(17-2)19-10-12-5-4-6-13(16)9-12/h4-6,9,11H,3,7-8,10H2,1-2H3,(H2,17,18,19). The van der Waals surface area contributed by atoms with Crippen LogP contribution < -0.4 is 10.6 Å². The van der Waals surface area contributed by atoms with Crippen molar-refractivity contribution in [2.45, 2.75) is 26.4 Å². The molecule has 2 rings (SSSR count). The molecule has 0 aliphatic heterocycles. The topological polar surface area (TPSA) is 67.1 Å². The average molecular weight is 365 g/mol. The average Bonchev–Trinajstić information content (AvgIpc) is 2.98. The molecule has 2 N–H and O–H groups in total.